The molecule has 4 atom stereocenters. The van der Waals surface area contributed by atoms with Crippen molar-refractivity contribution in [3.05, 3.63) is 71.3 Å². The number of alkyl halides is 2. The Morgan fingerprint density at radius 2 is 1.76 bits per heavy atom. The molecule has 1 fully saturated rings. The molecule has 2 amide bonds. The van der Waals surface area contributed by atoms with Gasteiger partial charge in [-0.05, 0) is 73.5 Å². The number of hydrogen-bond acceptors (Lipinski definition) is 7. The molecule has 46 heavy (non-hydrogen) atoms. The fraction of sp³-hybridized carbons (Fsp3) is 0.485. The van der Waals surface area contributed by atoms with E-state index in [1.54, 1.807) is 16.7 Å². The van der Waals surface area contributed by atoms with E-state index < -0.39 is 45.0 Å². The zero-order valence-electron chi connectivity index (χ0n) is 26.8. The summed E-state index contributed by atoms with van der Waals surface area (Å²) in [6, 6.07) is 12.0. The Bertz CT molecular complexity index is 1520. The van der Waals surface area contributed by atoms with Crippen LogP contribution in [0.4, 0.5) is 14.5 Å². The maximum absolute atomic E-state index is 14.8. The number of allylic oxidation sites excluding steroid dienone is 2. The smallest absolute Gasteiger partial charge is 0.330 e. The summed E-state index contributed by atoms with van der Waals surface area (Å²) >= 11 is 0. The van der Waals surface area contributed by atoms with Crippen LogP contribution in [0.5, 0.6) is 0 Å². The summed E-state index contributed by atoms with van der Waals surface area (Å²) in [6.45, 7) is 9.73. The quantitative estimate of drug-likeness (QED) is 0.112. The highest BCUT2D eigenvalue weighted by molar-refractivity contribution is 7.60. The largest absolute Gasteiger partial charge is 0.433 e. The van der Waals surface area contributed by atoms with E-state index in [1.807, 2.05) is 45.0 Å². The molecular formula is C33H42F2N2O7P2. The van der Waals surface area contributed by atoms with E-state index in [1.165, 1.54) is 24.9 Å². The first kappa shape index (κ1) is 36.0. The molecule has 0 saturated carbocycles. The van der Waals surface area contributed by atoms with Crippen molar-refractivity contribution in [2.45, 2.75) is 71.5 Å². The molecule has 2 aromatic carbocycles. The molecule has 1 saturated heterocycles. The van der Waals surface area contributed by atoms with Crippen LogP contribution in [0.15, 0.2) is 54.6 Å². The monoisotopic (exact) mass is 678 g/mol. The summed E-state index contributed by atoms with van der Waals surface area (Å²) in [7, 11) is -5.78. The summed E-state index contributed by atoms with van der Waals surface area (Å²) in [6.07, 6.45) is 4.30. The van der Waals surface area contributed by atoms with Gasteiger partial charge < -0.3 is 9.80 Å². The van der Waals surface area contributed by atoms with Gasteiger partial charge in [0.25, 0.3) is 0 Å². The molecule has 1 N–H and O–H groups in total. The first-order valence-corrected chi connectivity index (χ1v) is 18.3. The van der Waals surface area contributed by atoms with Crippen LogP contribution in [-0.4, -0.2) is 53.6 Å². The van der Waals surface area contributed by atoms with Gasteiger partial charge in [0.15, 0.2) is 5.78 Å². The number of amides is 2. The van der Waals surface area contributed by atoms with Gasteiger partial charge in [-0.3, -0.25) is 23.3 Å². The van der Waals surface area contributed by atoms with E-state index in [-0.39, 0.29) is 24.0 Å². The van der Waals surface area contributed by atoms with Crippen molar-refractivity contribution in [3.8, 4) is 0 Å². The highest BCUT2D eigenvalue weighted by Crippen LogP contribution is 2.68. The number of hydrogen-bond donors (Lipinski definition) is 1. The van der Waals surface area contributed by atoms with Crippen LogP contribution < -0.4 is 4.90 Å². The van der Waals surface area contributed by atoms with Gasteiger partial charge in [-0.25, -0.2) is 5.26 Å². The Hall–Kier alpha value is -2.81. The molecule has 2 aliphatic rings. The summed E-state index contributed by atoms with van der Waals surface area (Å²) in [4.78, 5) is 44.7. The molecule has 0 bridgehead atoms. The Morgan fingerprint density at radius 1 is 1.09 bits per heavy atom. The Balaban J connectivity index is 1.50. The number of carbonyl (C=O) groups excluding carboxylic acids is 3. The molecule has 13 heteroatoms. The van der Waals surface area contributed by atoms with Gasteiger partial charge >= 0.3 is 13.3 Å². The molecule has 0 radical (unpaired) electrons. The van der Waals surface area contributed by atoms with E-state index in [4.69, 9.17) is 5.26 Å². The molecule has 2 heterocycles. The molecule has 9 nitrogen and oxygen atoms in total. The summed E-state index contributed by atoms with van der Waals surface area (Å²) in [5.41, 5.74) is -2.44. The molecule has 0 aliphatic carbocycles. The lowest BCUT2D eigenvalue weighted by atomic mass is 9.76. The van der Waals surface area contributed by atoms with Gasteiger partial charge in [-0.1, -0.05) is 63.2 Å². The zero-order chi connectivity index (χ0) is 33.9. The third-order valence-electron chi connectivity index (χ3n) is 8.67. The van der Waals surface area contributed by atoms with Gasteiger partial charge in [0, 0.05) is 39.6 Å². The minimum Gasteiger partial charge on any atom is -0.330 e. The fourth-order valence-electron chi connectivity index (χ4n) is 6.12. The number of para-hydroxylation sites is 1. The van der Waals surface area contributed by atoms with Crippen LogP contribution >= 0.6 is 16.4 Å². The molecule has 250 valence electrons. The second-order valence-corrected chi connectivity index (χ2v) is 15.7. The highest BCUT2D eigenvalue weighted by Gasteiger charge is 2.56. The number of halogens is 2. The number of carbonyl (C=O) groups is 3. The van der Waals surface area contributed by atoms with Crippen molar-refractivity contribution in [3.63, 3.8) is 0 Å². The number of ketones is 1. The van der Waals surface area contributed by atoms with Crippen molar-refractivity contribution in [1.82, 2.24) is 4.90 Å². The maximum atomic E-state index is 14.8. The van der Waals surface area contributed by atoms with E-state index in [0.29, 0.717) is 37.1 Å². The van der Waals surface area contributed by atoms with Crippen LogP contribution in [0.1, 0.15) is 70.1 Å². The Kier molecular flexibility index (Phi) is 11.4. The lowest BCUT2D eigenvalue weighted by molar-refractivity contribution is -0.159. The van der Waals surface area contributed by atoms with Crippen molar-refractivity contribution in [2.75, 3.05) is 24.7 Å². The number of aryl methyl sites for hydroxylation is 1. The van der Waals surface area contributed by atoms with Gasteiger partial charge in [0.05, 0.1) is 5.92 Å². The number of anilines is 1. The fourth-order valence-corrected chi connectivity index (χ4v) is 8.24. The SMILES string of the molecule is CPOP(=O)(OO)C(F)(F)c1ccc(/C(C)=C/C(=O)C[C@H](C(=O)N2CCC[C@H]2C(=O)N2CCCc3ccccc32)C(C)(C)C)cc1. The van der Waals surface area contributed by atoms with Gasteiger partial charge in [-0.2, -0.15) is 8.78 Å². The molecular weight excluding hydrogens is 636 g/mol. The lowest BCUT2D eigenvalue weighted by Crippen LogP contribution is -2.52. The predicted molar refractivity (Wildman–Crippen MR) is 175 cm³/mol. The van der Waals surface area contributed by atoms with E-state index >= 15 is 0 Å². The van der Waals surface area contributed by atoms with E-state index in [0.717, 1.165) is 36.2 Å². The minimum atomic E-state index is -5.16. The summed E-state index contributed by atoms with van der Waals surface area (Å²) in [5.74, 6) is -1.34. The average molecular weight is 679 g/mol. The van der Waals surface area contributed by atoms with E-state index in [9.17, 15) is 27.7 Å². The third-order valence-corrected chi connectivity index (χ3v) is 11.5. The van der Waals surface area contributed by atoms with Crippen molar-refractivity contribution < 1.29 is 42.0 Å². The highest BCUT2D eigenvalue weighted by atomic mass is 31.2. The van der Waals surface area contributed by atoms with Gasteiger partial charge in [0.1, 0.15) is 6.04 Å². The van der Waals surface area contributed by atoms with Gasteiger partial charge in [-0.15, -0.1) is 4.67 Å². The van der Waals surface area contributed by atoms with Crippen molar-refractivity contribution in [2.24, 2.45) is 11.3 Å². The van der Waals surface area contributed by atoms with Crippen LogP contribution in [0.25, 0.3) is 5.57 Å². The number of likely N-dealkylation sites (tertiary alicyclic amines) is 1. The number of nitrogens with zero attached hydrogens (tertiary/aromatic N) is 2. The van der Waals surface area contributed by atoms with Crippen LogP contribution in [0.2, 0.25) is 0 Å². The van der Waals surface area contributed by atoms with E-state index in [2.05, 4.69) is 8.99 Å². The molecule has 0 aromatic heterocycles. The maximum Gasteiger partial charge on any atom is 0.433 e. The summed E-state index contributed by atoms with van der Waals surface area (Å²) < 4.78 is 50.2. The standard InChI is InChI=1S/C33H42F2N2O7P2/c1-22(23-14-16-25(17-15-23)33(34,35)46(42,43-41)44-45-5)20-26(38)21-27(32(2,3)4)30(39)37-19-9-13-29(37)31(40)36-18-8-11-24-10-6-7-12-28(24)36/h6-7,10,12,14-17,20,27,29,41,45H,8-9,11,13,18-19,21H2,1-5H3/b22-20+/t27-,29+,46?/m1/s1. The Labute approximate surface area is 270 Å². The molecule has 2 aliphatic heterocycles. The molecule has 2 aromatic rings. The Morgan fingerprint density at radius 3 is 2.39 bits per heavy atom. The van der Waals surface area contributed by atoms with Crippen LogP contribution in [0, 0.1) is 11.3 Å². The van der Waals surface area contributed by atoms with Gasteiger partial charge in [0.2, 0.25) is 11.8 Å². The topological polar surface area (TPSA) is 113 Å². The van der Waals surface area contributed by atoms with Crippen LogP contribution in [0.3, 0.4) is 0 Å². The summed E-state index contributed by atoms with van der Waals surface area (Å²) in [5, 5.41) is 8.87. The van der Waals surface area contributed by atoms with Crippen molar-refractivity contribution in [1.29, 1.82) is 0 Å². The first-order chi connectivity index (χ1) is 21.6. The molecule has 4 rings (SSSR count). The number of rotatable bonds is 11. The third kappa shape index (κ3) is 7.50. The lowest BCUT2D eigenvalue weighted by Gasteiger charge is -2.37. The minimum absolute atomic E-state index is 0.0913. The average Bonchev–Trinajstić information content (AvgIpc) is 3.52. The predicted octanol–water partition coefficient (Wildman–Crippen LogP) is 7.65. The molecule has 2 unspecified atom stereocenters. The molecule has 0 spiro atoms. The number of benzene rings is 2. The second-order valence-electron chi connectivity index (χ2n) is 12.8. The first-order valence-electron chi connectivity index (χ1n) is 15.3. The normalized spacial score (nSPS) is 19.7. The second kappa shape index (κ2) is 14.5. The number of fused-ring (bicyclic) bond motifs is 1. The van der Waals surface area contributed by atoms with Crippen LogP contribution in [-0.2, 0) is 40.0 Å². The van der Waals surface area contributed by atoms with Crippen molar-refractivity contribution >= 4 is 45.3 Å². The zero-order valence-corrected chi connectivity index (χ0v) is 28.7.